The molecule has 22 heavy (non-hydrogen) atoms. The third-order valence-electron chi connectivity index (χ3n) is 3.08. The monoisotopic (exact) mass is 298 g/mol. The maximum absolute atomic E-state index is 12.0. The van der Waals surface area contributed by atoms with Crippen LogP contribution in [0.15, 0.2) is 54.6 Å². The molecule has 0 spiro atoms. The number of para-hydroxylation sites is 2. The molecule has 2 aromatic rings. The van der Waals surface area contributed by atoms with E-state index in [0.29, 0.717) is 11.3 Å². The summed E-state index contributed by atoms with van der Waals surface area (Å²) < 4.78 is 0. The van der Waals surface area contributed by atoms with Gasteiger partial charge in [-0.1, -0.05) is 30.3 Å². The number of aromatic hydroxyl groups is 1. The van der Waals surface area contributed by atoms with Crippen LogP contribution in [0, 0.1) is 0 Å². The summed E-state index contributed by atoms with van der Waals surface area (Å²) in [6, 6.07) is 15.0. The molecule has 0 aliphatic rings. The first-order valence-electron chi connectivity index (χ1n) is 7.00. The Morgan fingerprint density at radius 2 is 1.68 bits per heavy atom. The minimum Gasteiger partial charge on any atom is -0.506 e. The smallest absolute Gasteiger partial charge is 0.251 e. The van der Waals surface area contributed by atoms with Gasteiger partial charge in [-0.05, 0) is 31.2 Å². The summed E-state index contributed by atoms with van der Waals surface area (Å²) in [5.41, 5.74) is 0.907. The van der Waals surface area contributed by atoms with Crippen LogP contribution in [0.2, 0.25) is 0 Å². The van der Waals surface area contributed by atoms with Crippen molar-refractivity contribution in [1.29, 1.82) is 0 Å². The average Bonchev–Trinajstić information content (AvgIpc) is 2.50. The van der Waals surface area contributed by atoms with Crippen LogP contribution in [0.5, 0.6) is 5.75 Å². The van der Waals surface area contributed by atoms with Crippen molar-refractivity contribution in [3.8, 4) is 5.75 Å². The maximum Gasteiger partial charge on any atom is 0.251 e. The number of rotatable bonds is 5. The minimum atomic E-state index is -0.321. The fourth-order valence-electron chi connectivity index (χ4n) is 2.01. The molecule has 0 saturated carbocycles. The topological polar surface area (TPSA) is 78.4 Å². The molecule has 0 aliphatic carbocycles. The standard InChI is InChI=1S/C17H18N2O3/c1-12(18-17(22)13-7-3-2-4-8-13)11-16(21)19-14-9-5-6-10-15(14)20/h2-10,12,20H,11H2,1H3,(H,18,22)(H,19,21). The van der Waals surface area contributed by atoms with Crippen molar-refractivity contribution in [3.05, 3.63) is 60.2 Å². The van der Waals surface area contributed by atoms with Crippen molar-refractivity contribution in [2.24, 2.45) is 0 Å². The van der Waals surface area contributed by atoms with Crippen LogP contribution in [0.25, 0.3) is 0 Å². The Morgan fingerprint density at radius 3 is 2.36 bits per heavy atom. The number of carbonyl (C=O) groups is 2. The van der Waals surface area contributed by atoms with E-state index in [4.69, 9.17) is 0 Å². The average molecular weight is 298 g/mol. The van der Waals surface area contributed by atoms with Crippen molar-refractivity contribution in [3.63, 3.8) is 0 Å². The molecule has 3 N–H and O–H groups in total. The van der Waals surface area contributed by atoms with E-state index in [1.165, 1.54) is 6.07 Å². The molecular formula is C17H18N2O3. The molecule has 0 radical (unpaired) electrons. The summed E-state index contributed by atoms with van der Waals surface area (Å²) in [7, 11) is 0. The van der Waals surface area contributed by atoms with E-state index < -0.39 is 0 Å². The van der Waals surface area contributed by atoms with Crippen molar-refractivity contribution in [1.82, 2.24) is 5.32 Å². The molecule has 0 heterocycles. The second kappa shape index (κ2) is 7.26. The van der Waals surface area contributed by atoms with E-state index in [9.17, 15) is 14.7 Å². The summed E-state index contributed by atoms with van der Waals surface area (Å²) in [6.45, 7) is 1.76. The first-order chi connectivity index (χ1) is 10.6. The Labute approximate surface area is 129 Å². The van der Waals surface area contributed by atoms with E-state index in [1.54, 1.807) is 49.4 Å². The lowest BCUT2D eigenvalue weighted by atomic mass is 10.1. The van der Waals surface area contributed by atoms with Gasteiger partial charge in [0.15, 0.2) is 0 Å². The molecule has 114 valence electrons. The quantitative estimate of drug-likeness (QED) is 0.742. The molecule has 2 amide bonds. The zero-order valence-electron chi connectivity index (χ0n) is 12.2. The SMILES string of the molecule is CC(CC(=O)Nc1ccccc1O)NC(=O)c1ccccc1. The highest BCUT2D eigenvalue weighted by molar-refractivity contribution is 5.96. The van der Waals surface area contributed by atoms with Crippen molar-refractivity contribution >= 4 is 17.5 Å². The van der Waals surface area contributed by atoms with Gasteiger partial charge in [0.25, 0.3) is 5.91 Å². The minimum absolute atomic E-state index is 0.0109. The van der Waals surface area contributed by atoms with Crippen molar-refractivity contribution < 1.29 is 14.7 Å². The Balaban J connectivity index is 1.87. The zero-order chi connectivity index (χ0) is 15.9. The first-order valence-corrected chi connectivity index (χ1v) is 7.00. The fourth-order valence-corrected chi connectivity index (χ4v) is 2.01. The lowest BCUT2D eigenvalue weighted by Crippen LogP contribution is -2.35. The molecule has 2 aromatic carbocycles. The highest BCUT2D eigenvalue weighted by Gasteiger charge is 2.14. The number of hydrogen-bond donors (Lipinski definition) is 3. The summed E-state index contributed by atoms with van der Waals surface area (Å²) in [5, 5.41) is 15.0. The van der Waals surface area contributed by atoms with Gasteiger partial charge in [-0.25, -0.2) is 0 Å². The highest BCUT2D eigenvalue weighted by Crippen LogP contribution is 2.21. The van der Waals surface area contributed by atoms with E-state index in [0.717, 1.165) is 0 Å². The van der Waals surface area contributed by atoms with Gasteiger partial charge in [-0.15, -0.1) is 0 Å². The summed E-state index contributed by atoms with van der Waals surface area (Å²) >= 11 is 0. The lowest BCUT2D eigenvalue weighted by molar-refractivity contribution is -0.116. The Bertz CT molecular complexity index is 656. The Hall–Kier alpha value is -2.82. The number of hydrogen-bond acceptors (Lipinski definition) is 3. The van der Waals surface area contributed by atoms with Crippen LogP contribution >= 0.6 is 0 Å². The molecule has 0 saturated heterocycles. The van der Waals surface area contributed by atoms with Crippen molar-refractivity contribution in [2.75, 3.05) is 5.32 Å². The predicted octanol–water partition coefficient (Wildman–Crippen LogP) is 2.54. The number of amides is 2. The number of anilines is 1. The van der Waals surface area contributed by atoms with E-state index >= 15 is 0 Å². The zero-order valence-corrected chi connectivity index (χ0v) is 12.2. The van der Waals surface area contributed by atoms with Crippen LogP contribution in [0.4, 0.5) is 5.69 Å². The van der Waals surface area contributed by atoms with Crippen LogP contribution in [0.3, 0.4) is 0 Å². The van der Waals surface area contributed by atoms with Gasteiger partial charge in [-0.3, -0.25) is 9.59 Å². The normalized spacial score (nSPS) is 11.5. The van der Waals surface area contributed by atoms with Gasteiger partial charge in [0.05, 0.1) is 5.69 Å². The molecule has 0 bridgehead atoms. The number of benzene rings is 2. The van der Waals surface area contributed by atoms with Gasteiger partial charge in [0, 0.05) is 18.0 Å². The van der Waals surface area contributed by atoms with E-state index in [2.05, 4.69) is 10.6 Å². The van der Waals surface area contributed by atoms with Crippen LogP contribution in [-0.4, -0.2) is 23.0 Å². The molecule has 2 rings (SSSR count). The molecule has 1 unspecified atom stereocenters. The summed E-state index contributed by atoms with van der Waals surface area (Å²) in [6.07, 6.45) is 0.118. The third kappa shape index (κ3) is 4.34. The van der Waals surface area contributed by atoms with Gasteiger partial charge in [-0.2, -0.15) is 0 Å². The maximum atomic E-state index is 12.0. The van der Waals surface area contributed by atoms with Gasteiger partial charge >= 0.3 is 0 Å². The summed E-state index contributed by atoms with van der Waals surface area (Å²) in [5.74, 6) is -0.484. The Morgan fingerprint density at radius 1 is 1.05 bits per heavy atom. The fraction of sp³-hybridized carbons (Fsp3) is 0.176. The second-order valence-corrected chi connectivity index (χ2v) is 5.01. The first kappa shape index (κ1) is 15.6. The van der Waals surface area contributed by atoms with E-state index in [1.807, 2.05) is 6.07 Å². The summed E-state index contributed by atoms with van der Waals surface area (Å²) in [4.78, 5) is 23.9. The predicted molar refractivity (Wildman–Crippen MR) is 84.7 cm³/mol. The third-order valence-corrected chi connectivity index (χ3v) is 3.08. The molecule has 5 heteroatoms. The molecular weight excluding hydrogens is 280 g/mol. The lowest BCUT2D eigenvalue weighted by Gasteiger charge is -2.14. The van der Waals surface area contributed by atoms with Crippen LogP contribution in [-0.2, 0) is 4.79 Å². The van der Waals surface area contributed by atoms with Crippen molar-refractivity contribution in [2.45, 2.75) is 19.4 Å². The van der Waals surface area contributed by atoms with Gasteiger partial charge < -0.3 is 15.7 Å². The van der Waals surface area contributed by atoms with Crippen LogP contribution in [0.1, 0.15) is 23.7 Å². The van der Waals surface area contributed by atoms with E-state index in [-0.39, 0.29) is 30.0 Å². The number of phenols is 1. The number of carbonyl (C=O) groups excluding carboxylic acids is 2. The highest BCUT2D eigenvalue weighted by atomic mass is 16.3. The molecule has 0 aromatic heterocycles. The van der Waals surface area contributed by atoms with Crippen LogP contribution < -0.4 is 10.6 Å². The Kier molecular flexibility index (Phi) is 5.14. The number of phenolic OH excluding ortho intramolecular Hbond substituents is 1. The van der Waals surface area contributed by atoms with Gasteiger partial charge in [0.2, 0.25) is 5.91 Å². The van der Waals surface area contributed by atoms with Gasteiger partial charge in [0.1, 0.15) is 5.75 Å². The number of nitrogens with one attached hydrogen (secondary N) is 2. The molecule has 0 fully saturated rings. The molecule has 1 atom stereocenters. The molecule has 5 nitrogen and oxygen atoms in total. The molecule has 0 aliphatic heterocycles. The second-order valence-electron chi connectivity index (χ2n) is 5.01. The largest absolute Gasteiger partial charge is 0.506 e.